The van der Waals surface area contributed by atoms with Gasteiger partial charge in [0.2, 0.25) is 0 Å². The molecule has 2 aliphatic heterocycles. The Labute approximate surface area is 164 Å². The maximum atomic E-state index is 12.6. The first-order valence-corrected chi connectivity index (χ1v) is 10.3. The zero-order chi connectivity index (χ0) is 19.1. The average molecular weight is 371 g/mol. The highest BCUT2D eigenvalue weighted by Gasteiger charge is 2.26. The second kappa shape index (κ2) is 9.90. The van der Waals surface area contributed by atoms with Crippen LogP contribution in [-0.2, 0) is 0 Å². The van der Waals surface area contributed by atoms with E-state index in [0.29, 0.717) is 5.92 Å². The summed E-state index contributed by atoms with van der Waals surface area (Å²) in [5, 5.41) is 3.25. The number of likely N-dealkylation sites (tertiary alicyclic amines) is 1. The first-order valence-electron chi connectivity index (χ1n) is 10.3. The molecule has 0 radical (unpaired) electrons. The van der Waals surface area contributed by atoms with Gasteiger partial charge in [-0.15, -0.1) is 0 Å². The van der Waals surface area contributed by atoms with Gasteiger partial charge in [-0.1, -0.05) is 42.5 Å². The van der Waals surface area contributed by atoms with Crippen LogP contribution in [-0.4, -0.2) is 79.6 Å². The monoisotopic (exact) mass is 370 g/mol. The van der Waals surface area contributed by atoms with Crippen LogP contribution in [0.3, 0.4) is 0 Å². The van der Waals surface area contributed by atoms with E-state index in [1.165, 1.54) is 18.4 Å². The van der Waals surface area contributed by atoms with E-state index in [4.69, 9.17) is 0 Å². The Morgan fingerprint density at radius 1 is 1.11 bits per heavy atom. The van der Waals surface area contributed by atoms with Crippen LogP contribution in [0.25, 0.3) is 6.08 Å². The van der Waals surface area contributed by atoms with E-state index in [0.717, 1.165) is 45.8 Å². The van der Waals surface area contributed by atoms with E-state index in [1.807, 2.05) is 11.0 Å². The molecule has 1 N–H and O–H groups in total. The summed E-state index contributed by atoms with van der Waals surface area (Å²) < 4.78 is 0. The summed E-state index contributed by atoms with van der Waals surface area (Å²) in [5.74, 6) is 0.606. The Morgan fingerprint density at radius 3 is 2.44 bits per heavy atom. The average Bonchev–Trinajstić information content (AvgIpc) is 2.70. The maximum Gasteiger partial charge on any atom is 0.317 e. The summed E-state index contributed by atoms with van der Waals surface area (Å²) >= 11 is 0. The van der Waals surface area contributed by atoms with Gasteiger partial charge in [-0.05, 0) is 51.4 Å². The molecule has 2 amide bonds. The Hall–Kier alpha value is -1.85. The summed E-state index contributed by atoms with van der Waals surface area (Å²) in [6.07, 6.45) is 6.74. The minimum Gasteiger partial charge on any atom is -0.335 e. The van der Waals surface area contributed by atoms with Gasteiger partial charge in [0.25, 0.3) is 0 Å². The Kier molecular flexibility index (Phi) is 7.30. The van der Waals surface area contributed by atoms with Gasteiger partial charge in [-0.3, -0.25) is 4.90 Å². The third-order valence-electron chi connectivity index (χ3n) is 5.95. The molecule has 0 aromatic heterocycles. The minimum absolute atomic E-state index is 0.112. The van der Waals surface area contributed by atoms with Crippen molar-refractivity contribution < 1.29 is 4.79 Å². The highest BCUT2D eigenvalue weighted by molar-refractivity contribution is 5.74. The molecule has 1 atom stereocenters. The number of amides is 2. The molecule has 2 heterocycles. The lowest BCUT2D eigenvalue weighted by Gasteiger charge is -2.37. The van der Waals surface area contributed by atoms with Crippen molar-refractivity contribution in [3.63, 3.8) is 0 Å². The number of urea groups is 1. The molecule has 0 spiro atoms. The van der Waals surface area contributed by atoms with Crippen molar-refractivity contribution in [2.45, 2.75) is 25.8 Å². The summed E-state index contributed by atoms with van der Waals surface area (Å²) in [6, 6.07) is 10.8. The van der Waals surface area contributed by atoms with E-state index < -0.39 is 0 Å². The predicted molar refractivity (Wildman–Crippen MR) is 112 cm³/mol. The number of hydrogen-bond donors (Lipinski definition) is 1. The Morgan fingerprint density at radius 2 is 1.78 bits per heavy atom. The first-order chi connectivity index (χ1) is 13.1. The molecule has 0 aliphatic carbocycles. The van der Waals surface area contributed by atoms with E-state index in [2.05, 4.69) is 65.5 Å². The SMILES string of the molecule is C[C@@H](NC(=O)N1CCN(C/C=C/c2ccccc2)CC1)C1CCN(C)CC1. The number of carbonyl (C=O) groups excluding carboxylic acids is 1. The van der Waals surface area contributed by atoms with Crippen molar-refractivity contribution in [3.8, 4) is 0 Å². The van der Waals surface area contributed by atoms with Crippen molar-refractivity contribution in [3.05, 3.63) is 42.0 Å². The quantitative estimate of drug-likeness (QED) is 0.866. The van der Waals surface area contributed by atoms with Gasteiger partial charge in [0, 0.05) is 38.8 Å². The van der Waals surface area contributed by atoms with Gasteiger partial charge in [0.15, 0.2) is 0 Å². The fourth-order valence-corrected chi connectivity index (χ4v) is 3.97. The fraction of sp³-hybridized carbons (Fsp3) is 0.591. The number of benzene rings is 1. The van der Waals surface area contributed by atoms with Gasteiger partial charge < -0.3 is 15.1 Å². The van der Waals surface area contributed by atoms with Gasteiger partial charge >= 0.3 is 6.03 Å². The first kappa shape index (κ1) is 19.9. The number of hydrogen-bond acceptors (Lipinski definition) is 3. The van der Waals surface area contributed by atoms with Crippen molar-refractivity contribution in [1.29, 1.82) is 0 Å². The van der Waals surface area contributed by atoms with Crippen LogP contribution in [0.2, 0.25) is 0 Å². The molecule has 0 unspecified atom stereocenters. The molecule has 2 fully saturated rings. The largest absolute Gasteiger partial charge is 0.335 e. The van der Waals surface area contributed by atoms with Gasteiger partial charge in [-0.2, -0.15) is 0 Å². The van der Waals surface area contributed by atoms with Crippen molar-refractivity contribution in [2.75, 3.05) is 52.9 Å². The standard InChI is InChI=1S/C22H34N4O/c1-19(21-10-13-24(2)14-11-21)23-22(27)26-17-15-25(16-18-26)12-6-9-20-7-4-3-5-8-20/h3-9,19,21H,10-18H2,1-2H3,(H,23,27)/b9-6+/t19-/m1/s1. The van der Waals surface area contributed by atoms with Crippen molar-refractivity contribution in [1.82, 2.24) is 20.0 Å². The lowest BCUT2D eigenvalue weighted by Crippen LogP contribution is -2.54. The molecule has 5 heteroatoms. The second-order valence-electron chi connectivity index (χ2n) is 7.98. The molecule has 148 valence electrons. The van der Waals surface area contributed by atoms with Crippen LogP contribution in [0.15, 0.2) is 36.4 Å². The van der Waals surface area contributed by atoms with E-state index >= 15 is 0 Å². The third kappa shape index (κ3) is 6.08. The molecule has 0 saturated carbocycles. The zero-order valence-electron chi connectivity index (χ0n) is 16.8. The van der Waals surface area contributed by atoms with Crippen LogP contribution in [0.5, 0.6) is 0 Å². The Balaban J connectivity index is 1.37. The highest BCUT2D eigenvalue weighted by Crippen LogP contribution is 2.19. The highest BCUT2D eigenvalue weighted by atomic mass is 16.2. The number of nitrogens with one attached hydrogen (secondary N) is 1. The smallest absolute Gasteiger partial charge is 0.317 e. The Bertz CT molecular complexity index is 602. The summed E-state index contributed by atoms with van der Waals surface area (Å²) in [4.78, 5) is 19.3. The lowest BCUT2D eigenvalue weighted by molar-refractivity contribution is 0.137. The molecular weight excluding hydrogens is 336 g/mol. The normalized spacial score (nSPS) is 21.5. The van der Waals surface area contributed by atoms with Gasteiger partial charge in [0.05, 0.1) is 0 Å². The van der Waals surface area contributed by atoms with Crippen LogP contribution in [0.1, 0.15) is 25.3 Å². The van der Waals surface area contributed by atoms with Crippen LogP contribution in [0, 0.1) is 5.92 Å². The van der Waals surface area contributed by atoms with E-state index in [-0.39, 0.29) is 12.1 Å². The van der Waals surface area contributed by atoms with Crippen LogP contribution >= 0.6 is 0 Å². The summed E-state index contributed by atoms with van der Waals surface area (Å²) in [6.45, 7) is 8.88. The minimum atomic E-state index is 0.112. The van der Waals surface area contributed by atoms with Crippen LogP contribution in [0.4, 0.5) is 4.79 Å². The third-order valence-corrected chi connectivity index (χ3v) is 5.95. The summed E-state index contributed by atoms with van der Waals surface area (Å²) in [5.41, 5.74) is 1.23. The van der Waals surface area contributed by atoms with Gasteiger partial charge in [-0.25, -0.2) is 4.79 Å². The van der Waals surface area contributed by atoms with Crippen LogP contribution < -0.4 is 5.32 Å². The van der Waals surface area contributed by atoms with Crippen molar-refractivity contribution in [2.24, 2.45) is 5.92 Å². The maximum absolute atomic E-state index is 12.6. The number of carbonyl (C=O) groups is 1. The molecule has 0 bridgehead atoms. The zero-order valence-corrected chi connectivity index (χ0v) is 16.8. The molecule has 5 nitrogen and oxygen atoms in total. The topological polar surface area (TPSA) is 38.8 Å². The number of piperazine rings is 1. The van der Waals surface area contributed by atoms with Gasteiger partial charge in [0.1, 0.15) is 0 Å². The number of rotatable bonds is 5. The molecule has 1 aromatic carbocycles. The molecule has 3 rings (SSSR count). The molecular formula is C22H34N4O. The fourth-order valence-electron chi connectivity index (χ4n) is 3.97. The number of piperidine rings is 1. The second-order valence-corrected chi connectivity index (χ2v) is 7.98. The summed E-state index contributed by atoms with van der Waals surface area (Å²) in [7, 11) is 2.17. The van der Waals surface area contributed by atoms with E-state index in [1.54, 1.807) is 0 Å². The lowest BCUT2D eigenvalue weighted by atomic mass is 9.90. The van der Waals surface area contributed by atoms with E-state index in [9.17, 15) is 4.79 Å². The predicted octanol–water partition coefficient (Wildman–Crippen LogP) is 2.76. The molecule has 2 aliphatic rings. The number of nitrogens with zero attached hydrogens (tertiary/aromatic N) is 3. The molecule has 1 aromatic rings. The molecule has 2 saturated heterocycles. The van der Waals surface area contributed by atoms with Crippen molar-refractivity contribution >= 4 is 12.1 Å². The molecule has 27 heavy (non-hydrogen) atoms.